The molecule has 0 bridgehead atoms. The molecule has 2 N–H and O–H groups in total. The lowest BCUT2D eigenvalue weighted by Crippen LogP contribution is -2.37. The molecule has 1 unspecified atom stereocenters. The second kappa shape index (κ2) is 7.30. The molecule has 1 aliphatic heterocycles. The smallest absolute Gasteiger partial charge is 0.0642 e. The highest BCUT2D eigenvalue weighted by molar-refractivity contribution is 6.33. The van der Waals surface area contributed by atoms with Gasteiger partial charge in [0, 0.05) is 25.7 Å². The van der Waals surface area contributed by atoms with Crippen LogP contribution in [0.25, 0.3) is 0 Å². The standard InChI is InChI=1S/C16H25ClN2O/c1-3-20-14-6-8-19(9-7-14)16-5-4-13(10-12(2)18)11-15(16)17/h4-5,11-12,14H,3,6-10,18H2,1-2H3. The SMILES string of the molecule is CCOC1CCN(c2ccc(CC(C)N)cc2Cl)CC1. The zero-order valence-corrected chi connectivity index (χ0v) is 13.2. The number of ether oxygens (including phenoxy) is 1. The van der Waals surface area contributed by atoms with E-state index < -0.39 is 0 Å². The number of rotatable bonds is 5. The van der Waals surface area contributed by atoms with Gasteiger partial charge in [0.1, 0.15) is 0 Å². The Morgan fingerprint density at radius 2 is 2.10 bits per heavy atom. The Bertz CT molecular complexity index is 428. The third kappa shape index (κ3) is 4.11. The maximum absolute atomic E-state index is 6.43. The van der Waals surface area contributed by atoms with Crippen LogP contribution in [-0.4, -0.2) is 31.8 Å². The van der Waals surface area contributed by atoms with Crippen molar-refractivity contribution in [1.82, 2.24) is 0 Å². The van der Waals surface area contributed by atoms with E-state index in [1.807, 2.05) is 6.92 Å². The van der Waals surface area contributed by atoms with Crippen molar-refractivity contribution < 1.29 is 4.74 Å². The summed E-state index contributed by atoms with van der Waals surface area (Å²) in [6, 6.07) is 6.48. The first-order chi connectivity index (χ1) is 9.60. The summed E-state index contributed by atoms with van der Waals surface area (Å²) in [5.74, 6) is 0. The molecule has 0 saturated carbocycles. The van der Waals surface area contributed by atoms with Crippen LogP contribution in [0.2, 0.25) is 5.02 Å². The van der Waals surface area contributed by atoms with Crippen molar-refractivity contribution in [2.45, 2.75) is 45.3 Å². The van der Waals surface area contributed by atoms with E-state index in [0.717, 1.165) is 49.7 Å². The van der Waals surface area contributed by atoms with E-state index in [2.05, 4.69) is 30.0 Å². The van der Waals surface area contributed by atoms with Crippen molar-refractivity contribution >= 4 is 17.3 Å². The number of benzene rings is 1. The van der Waals surface area contributed by atoms with Crippen LogP contribution in [0.1, 0.15) is 32.3 Å². The molecule has 1 saturated heterocycles. The van der Waals surface area contributed by atoms with E-state index in [0.29, 0.717) is 6.10 Å². The number of hydrogen-bond donors (Lipinski definition) is 1. The van der Waals surface area contributed by atoms with E-state index in [-0.39, 0.29) is 6.04 Å². The van der Waals surface area contributed by atoms with Crippen LogP contribution in [-0.2, 0) is 11.2 Å². The molecule has 112 valence electrons. The molecule has 0 spiro atoms. The second-order valence-electron chi connectivity index (χ2n) is 5.61. The van der Waals surface area contributed by atoms with Crippen molar-refractivity contribution in [1.29, 1.82) is 0 Å². The van der Waals surface area contributed by atoms with Gasteiger partial charge in [-0.25, -0.2) is 0 Å². The molecule has 1 aromatic carbocycles. The van der Waals surface area contributed by atoms with Crippen molar-refractivity contribution in [3.8, 4) is 0 Å². The quantitative estimate of drug-likeness (QED) is 0.906. The topological polar surface area (TPSA) is 38.5 Å². The molecule has 1 heterocycles. The highest BCUT2D eigenvalue weighted by atomic mass is 35.5. The predicted octanol–water partition coefficient (Wildman–Crippen LogP) is 3.24. The zero-order chi connectivity index (χ0) is 14.5. The summed E-state index contributed by atoms with van der Waals surface area (Å²) < 4.78 is 5.69. The molecule has 0 aromatic heterocycles. The Kier molecular flexibility index (Phi) is 5.70. The van der Waals surface area contributed by atoms with Crippen LogP contribution in [0, 0.1) is 0 Å². The van der Waals surface area contributed by atoms with Crippen LogP contribution in [0.4, 0.5) is 5.69 Å². The summed E-state index contributed by atoms with van der Waals surface area (Å²) in [5, 5.41) is 0.831. The Balaban J connectivity index is 1.99. The van der Waals surface area contributed by atoms with Gasteiger partial charge in [0.15, 0.2) is 0 Å². The molecule has 2 rings (SSSR count). The number of halogens is 1. The van der Waals surface area contributed by atoms with Gasteiger partial charge in [-0.3, -0.25) is 0 Å². The summed E-state index contributed by atoms with van der Waals surface area (Å²) >= 11 is 6.43. The van der Waals surface area contributed by atoms with E-state index >= 15 is 0 Å². The molecule has 0 amide bonds. The van der Waals surface area contributed by atoms with Gasteiger partial charge in [-0.2, -0.15) is 0 Å². The third-order valence-electron chi connectivity index (χ3n) is 3.75. The number of hydrogen-bond acceptors (Lipinski definition) is 3. The normalized spacial score (nSPS) is 18.3. The van der Waals surface area contributed by atoms with Crippen LogP contribution in [0.15, 0.2) is 18.2 Å². The van der Waals surface area contributed by atoms with Crippen LogP contribution in [0.5, 0.6) is 0 Å². The highest BCUT2D eigenvalue weighted by Gasteiger charge is 2.21. The van der Waals surface area contributed by atoms with Gasteiger partial charge < -0.3 is 15.4 Å². The number of nitrogens with two attached hydrogens (primary N) is 1. The lowest BCUT2D eigenvalue weighted by molar-refractivity contribution is 0.0459. The molecule has 0 aliphatic carbocycles. The number of nitrogens with zero attached hydrogens (tertiary/aromatic N) is 1. The fourth-order valence-electron chi connectivity index (χ4n) is 2.80. The van der Waals surface area contributed by atoms with E-state index in [9.17, 15) is 0 Å². The summed E-state index contributed by atoms with van der Waals surface area (Å²) in [7, 11) is 0. The lowest BCUT2D eigenvalue weighted by atomic mass is 10.0. The maximum Gasteiger partial charge on any atom is 0.0642 e. The number of piperidine rings is 1. The third-order valence-corrected chi connectivity index (χ3v) is 4.06. The van der Waals surface area contributed by atoms with Gasteiger partial charge >= 0.3 is 0 Å². The van der Waals surface area contributed by atoms with Crippen LogP contribution < -0.4 is 10.6 Å². The van der Waals surface area contributed by atoms with Gasteiger partial charge in [-0.05, 0) is 50.8 Å². The van der Waals surface area contributed by atoms with E-state index in [1.54, 1.807) is 0 Å². The van der Waals surface area contributed by atoms with Gasteiger partial charge in [0.25, 0.3) is 0 Å². The molecule has 3 nitrogen and oxygen atoms in total. The molecule has 20 heavy (non-hydrogen) atoms. The molecule has 1 atom stereocenters. The van der Waals surface area contributed by atoms with Crippen molar-refractivity contribution in [3.05, 3.63) is 28.8 Å². The second-order valence-corrected chi connectivity index (χ2v) is 6.02. The Morgan fingerprint density at radius 3 is 2.65 bits per heavy atom. The molecule has 1 aromatic rings. The first kappa shape index (κ1) is 15.6. The first-order valence-electron chi connectivity index (χ1n) is 7.50. The molecular formula is C16H25ClN2O. The average Bonchev–Trinajstić information content (AvgIpc) is 2.40. The Morgan fingerprint density at radius 1 is 1.40 bits per heavy atom. The maximum atomic E-state index is 6.43. The van der Waals surface area contributed by atoms with Crippen molar-refractivity contribution in [2.75, 3.05) is 24.6 Å². The monoisotopic (exact) mass is 296 g/mol. The van der Waals surface area contributed by atoms with Crippen LogP contribution in [0.3, 0.4) is 0 Å². The largest absolute Gasteiger partial charge is 0.378 e. The first-order valence-corrected chi connectivity index (χ1v) is 7.88. The Hall–Kier alpha value is -0.770. The van der Waals surface area contributed by atoms with Gasteiger partial charge in [0.05, 0.1) is 16.8 Å². The molecule has 4 heteroatoms. The van der Waals surface area contributed by atoms with Crippen molar-refractivity contribution in [2.24, 2.45) is 5.73 Å². The molecule has 1 aliphatic rings. The molecular weight excluding hydrogens is 272 g/mol. The van der Waals surface area contributed by atoms with E-state index in [4.69, 9.17) is 22.1 Å². The minimum absolute atomic E-state index is 0.166. The van der Waals surface area contributed by atoms with Gasteiger partial charge in [-0.1, -0.05) is 17.7 Å². The zero-order valence-electron chi connectivity index (χ0n) is 12.4. The summed E-state index contributed by atoms with van der Waals surface area (Å²) in [6.07, 6.45) is 3.43. The average molecular weight is 297 g/mol. The van der Waals surface area contributed by atoms with Crippen LogP contribution >= 0.6 is 11.6 Å². The summed E-state index contributed by atoms with van der Waals surface area (Å²) in [4.78, 5) is 2.35. The fraction of sp³-hybridized carbons (Fsp3) is 0.625. The van der Waals surface area contributed by atoms with Gasteiger partial charge in [-0.15, -0.1) is 0 Å². The minimum Gasteiger partial charge on any atom is -0.378 e. The van der Waals surface area contributed by atoms with Crippen molar-refractivity contribution in [3.63, 3.8) is 0 Å². The lowest BCUT2D eigenvalue weighted by Gasteiger charge is -2.34. The Labute approximate surface area is 127 Å². The molecule has 1 fully saturated rings. The van der Waals surface area contributed by atoms with E-state index in [1.165, 1.54) is 5.56 Å². The number of anilines is 1. The highest BCUT2D eigenvalue weighted by Crippen LogP contribution is 2.30. The fourth-order valence-corrected chi connectivity index (χ4v) is 3.13. The summed E-state index contributed by atoms with van der Waals surface area (Å²) in [5.41, 5.74) is 8.17. The minimum atomic E-state index is 0.166. The summed E-state index contributed by atoms with van der Waals surface area (Å²) in [6.45, 7) is 6.90. The van der Waals surface area contributed by atoms with Gasteiger partial charge in [0.2, 0.25) is 0 Å². The predicted molar refractivity (Wildman–Crippen MR) is 85.7 cm³/mol. The molecule has 0 radical (unpaired) electrons.